The molecule has 0 saturated carbocycles. The number of carbonyl (C=O) groups excluding carboxylic acids is 1. The number of fused-ring (bicyclic) bond motifs is 1. The van der Waals surface area contributed by atoms with Crippen molar-refractivity contribution in [1.29, 1.82) is 0 Å². The number of methoxy groups -OCH3 is 1. The zero-order chi connectivity index (χ0) is 15.5. The summed E-state index contributed by atoms with van der Waals surface area (Å²) in [6.45, 7) is 0. The highest BCUT2D eigenvalue weighted by Gasteiger charge is 2.18. The van der Waals surface area contributed by atoms with Gasteiger partial charge in [0.05, 0.1) is 12.8 Å². The molecule has 0 spiro atoms. The fourth-order valence-electron chi connectivity index (χ4n) is 2.84. The van der Waals surface area contributed by atoms with Crippen LogP contribution in [0.25, 0.3) is 0 Å². The highest BCUT2D eigenvalue weighted by atomic mass is 16.5. The monoisotopic (exact) mass is 299 g/mol. The van der Waals surface area contributed by atoms with Crippen molar-refractivity contribution in [1.82, 2.24) is 15.2 Å². The van der Waals surface area contributed by atoms with Crippen LogP contribution in [0.5, 0.6) is 0 Å². The number of pyridine rings is 1. The van der Waals surface area contributed by atoms with Crippen molar-refractivity contribution >= 4 is 5.97 Å². The number of carbonyl (C=O) groups is 1. The van der Waals surface area contributed by atoms with Crippen molar-refractivity contribution in [2.75, 3.05) is 7.11 Å². The molecule has 0 atom stereocenters. The predicted octanol–water partition coefficient (Wildman–Crippen LogP) is 1.42. The maximum atomic E-state index is 11.9. The lowest BCUT2D eigenvalue weighted by Gasteiger charge is -2.17. The molecule has 2 heterocycles. The van der Waals surface area contributed by atoms with E-state index in [0.29, 0.717) is 6.42 Å². The number of ether oxygens (including phenoxy) is 1. The number of hydrogen-bond donors (Lipinski definition) is 1. The lowest BCUT2D eigenvalue weighted by atomic mass is 9.90. The van der Waals surface area contributed by atoms with E-state index in [-0.39, 0.29) is 11.3 Å². The number of nitrogens with one attached hydrogen (secondary N) is 1. The van der Waals surface area contributed by atoms with Crippen LogP contribution in [0.2, 0.25) is 0 Å². The molecule has 0 unspecified atom stereocenters. The van der Waals surface area contributed by atoms with Gasteiger partial charge in [-0.05, 0) is 43.4 Å². The van der Waals surface area contributed by atoms with Crippen LogP contribution in [0, 0.1) is 0 Å². The van der Waals surface area contributed by atoms with Gasteiger partial charge in [0.2, 0.25) is 0 Å². The van der Waals surface area contributed by atoms with Gasteiger partial charge in [0.1, 0.15) is 5.69 Å². The van der Waals surface area contributed by atoms with Crippen molar-refractivity contribution in [3.05, 3.63) is 56.8 Å². The molecule has 0 fully saturated rings. The van der Waals surface area contributed by atoms with Gasteiger partial charge in [0.25, 0.3) is 5.56 Å². The first kappa shape index (κ1) is 14.4. The number of H-pyrrole nitrogens is 1. The van der Waals surface area contributed by atoms with Gasteiger partial charge in [0.15, 0.2) is 0 Å². The van der Waals surface area contributed by atoms with E-state index < -0.39 is 5.97 Å². The lowest BCUT2D eigenvalue weighted by Crippen LogP contribution is -2.23. The van der Waals surface area contributed by atoms with Crippen molar-refractivity contribution in [3.63, 3.8) is 0 Å². The highest BCUT2D eigenvalue weighted by molar-refractivity contribution is 5.87. The number of aromatic nitrogens is 3. The van der Waals surface area contributed by atoms with Crippen LogP contribution in [0.15, 0.2) is 23.0 Å². The van der Waals surface area contributed by atoms with Crippen LogP contribution in [-0.2, 0) is 24.0 Å². The molecule has 1 N–H and O–H groups in total. The van der Waals surface area contributed by atoms with Crippen LogP contribution in [0.3, 0.4) is 0 Å². The Morgan fingerprint density at radius 1 is 1.27 bits per heavy atom. The van der Waals surface area contributed by atoms with Gasteiger partial charge in [-0.25, -0.2) is 14.9 Å². The summed E-state index contributed by atoms with van der Waals surface area (Å²) in [5, 5.41) is 6.76. The minimum Gasteiger partial charge on any atom is -0.464 e. The maximum absolute atomic E-state index is 11.9. The average Bonchev–Trinajstić information content (AvgIpc) is 2.57. The fraction of sp³-hybridized carbons (Fsp3) is 0.375. The zero-order valence-corrected chi connectivity index (χ0v) is 12.4. The van der Waals surface area contributed by atoms with E-state index >= 15 is 0 Å². The molecular weight excluding hydrogens is 282 g/mol. The summed E-state index contributed by atoms with van der Waals surface area (Å²) in [5.74, 6) is -0.460. The molecule has 2 aromatic heterocycles. The third-order valence-corrected chi connectivity index (χ3v) is 3.93. The van der Waals surface area contributed by atoms with Gasteiger partial charge in [-0.2, -0.15) is 5.10 Å². The predicted molar refractivity (Wildman–Crippen MR) is 79.9 cm³/mol. The van der Waals surface area contributed by atoms with Gasteiger partial charge < -0.3 is 4.74 Å². The van der Waals surface area contributed by atoms with E-state index in [1.54, 1.807) is 12.1 Å². The van der Waals surface area contributed by atoms with Crippen molar-refractivity contribution in [2.24, 2.45) is 0 Å². The molecule has 22 heavy (non-hydrogen) atoms. The molecule has 0 saturated heterocycles. The number of nitrogens with zero attached hydrogens (tertiary/aromatic N) is 2. The van der Waals surface area contributed by atoms with E-state index in [4.69, 9.17) is 0 Å². The topological polar surface area (TPSA) is 84.9 Å². The minimum absolute atomic E-state index is 0.0882. The first-order chi connectivity index (χ1) is 10.7. The second-order valence-corrected chi connectivity index (χ2v) is 5.35. The summed E-state index contributed by atoms with van der Waals surface area (Å²) >= 11 is 0. The molecule has 6 nitrogen and oxygen atoms in total. The quantitative estimate of drug-likeness (QED) is 0.866. The van der Waals surface area contributed by atoms with Gasteiger partial charge >= 0.3 is 5.97 Å². The summed E-state index contributed by atoms with van der Waals surface area (Å²) in [4.78, 5) is 27.7. The molecular formula is C16H17N3O3. The normalized spacial score (nSPS) is 13.5. The number of rotatable bonds is 3. The Hall–Kier alpha value is -2.50. The zero-order valence-electron chi connectivity index (χ0n) is 12.4. The summed E-state index contributed by atoms with van der Waals surface area (Å²) < 4.78 is 4.68. The third kappa shape index (κ3) is 2.77. The molecule has 0 radical (unpaired) electrons. The van der Waals surface area contributed by atoms with E-state index in [0.717, 1.165) is 48.2 Å². The Kier molecular flexibility index (Phi) is 4.00. The summed E-state index contributed by atoms with van der Waals surface area (Å²) in [6.07, 6.45) is 4.27. The smallest absolute Gasteiger partial charge is 0.356 e. The minimum atomic E-state index is -0.460. The SMILES string of the molecule is COC(=O)c1cccc(Cc2n[nH]c(=O)c3c2CCCC3)n1. The molecule has 0 aliphatic heterocycles. The molecule has 0 amide bonds. The standard InChI is InChI=1S/C16H17N3O3/c1-22-16(21)13-8-4-5-10(17-13)9-14-11-6-2-3-7-12(11)15(20)19-18-14/h4-5,8H,2-3,6-7,9H2,1H3,(H,19,20). The Labute approximate surface area is 127 Å². The molecule has 1 aliphatic rings. The number of hydrogen-bond acceptors (Lipinski definition) is 5. The highest BCUT2D eigenvalue weighted by Crippen LogP contribution is 2.21. The van der Waals surface area contributed by atoms with Gasteiger partial charge in [-0.1, -0.05) is 6.07 Å². The summed E-state index contributed by atoms with van der Waals surface area (Å²) in [7, 11) is 1.33. The van der Waals surface area contributed by atoms with Crippen LogP contribution >= 0.6 is 0 Å². The van der Waals surface area contributed by atoms with E-state index in [9.17, 15) is 9.59 Å². The van der Waals surface area contributed by atoms with Crippen molar-refractivity contribution in [3.8, 4) is 0 Å². The molecule has 2 aromatic rings. The van der Waals surface area contributed by atoms with E-state index in [1.165, 1.54) is 7.11 Å². The molecule has 6 heteroatoms. The van der Waals surface area contributed by atoms with Crippen LogP contribution in [-0.4, -0.2) is 28.3 Å². The Morgan fingerprint density at radius 2 is 2.05 bits per heavy atom. The van der Waals surface area contributed by atoms with Gasteiger partial charge in [-0.15, -0.1) is 0 Å². The Bertz CT molecular complexity index is 767. The Balaban J connectivity index is 1.94. The molecule has 0 bridgehead atoms. The van der Waals surface area contributed by atoms with Gasteiger partial charge in [0, 0.05) is 17.7 Å². The molecule has 114 valence electrons. The van der Waals surface area contributed by atoms with Gasteiger partial charge in [-0.3, -0.25) is 4.79 Å². The largest absolute Gasteiger partial charge is 0.464 e. The Morgan fingerprint density at radius 3 is 2.82 bits per heavy atom. The third-order valence-electron chi connectivity index (χ3n) is 3.93. The fourth-order valence-corrected chi connectivity index (χ4v) is 2.84. The first-order valence-corrected chi connectivity index (χ1v) is 7.32. The van der Waals surface area contributed by atoms with Crippen molar-refractivity contribution in [2.45, 2.75) is 32.1 Å². The first-order valence-electron chi connectivity index (χ1n) is 7.32. The second kappa shape index (κ2) is 6.09. The van der Waals surface area contributed by atoms with Crippen LogP contribution in [0.1, 0.15) is 45.8 Å². The molecule has 0 aromatic carbocycles. The number of esters is 1. The van der Waals surface area contributed by atoms with Crippen LogP contribution < -0.4 is 5.56 Å². The maximum Gasteiger partial charge on any atom is 0.356 e. The summed E-state index contributed by atoms with van der Waals surface area (Å²) in [5.41, 5.74) is 3.65. The van der Waals surface area contributed by atoms with E-state index in [2.05, 4.69) is 19.9 Å². The lowest BCUT2D eigenvalue weighted by molar-refractivity contribution is 0.0593. The van der Waals surface area contributed by atoms with Crippen LogP contribution in [0.4, 0.5) is 0 Å². The molecule has 1 aliphatic carbocycles. The van der Waals surface area contributed by atoms with E-state index in [1.807, 2.05) is 6.07 Å². The second-order valence-electron chi connectivity index (χ2n) is 5.35. The summed E-state index contributed by atoms with van der Waals surface area (Å²) in [6, 6.07) is 5.23. The molecule has 3 rings (SSSR count). The number of aromatic amines is 1. The van der Waals surface area contributed by atoms with Crippen molar-refractivity contribution < 1.29 is 9.53 Å². The average molecular weight is 299 g/mol.